The molecule has 0 aliphatic heterocycles. The van der Waals surface area contributed by atoms with E-state index < -0.39 is 11.9 Å². The molecular formula is C15H10Cl2NO4-. The van der Waals surface area contributed by atoms with E-state index in [0.717, 1.165) is 0 Å². The SMILES string of the molecule is O=C(COc1ccc(Cl)cc1Cl)Nc1ccccc1C(=O)[O-]. The summed E-state index contributed by atoms with van der Waals surface area (Å²) >= 11 is 11.7. The summed E-state index contributed by atoms with van der Waals surface area (Å²) in [7, 11) is 0. The van der Waals surface area contributed by atoms with Crippen molar-refractivity contribution in [3.63, 3.8) is 0 Å². The van der Waals surface area contributed by atoms with Gasteiger partial charge in [-0.2, -0.15) is 0 Å². The predicted molar refractivity (Wildman–Crippen MR) is 81.4 cm³/mol. The maximum Gasteiger partial charge on any atom is 0.262 e. The van der Waals surface area contributed by atoms with Crippen molar-refractivity contribution in [3.8, 4) is 5.75 Å². The van der Waals surface area contributed by atoms with Crippen molar-refractivity contribution in [1.82, 2.24) is 0 Å². The average Bonchev–Trinajstić information content (AvgIpc) is 2.46. The Morgan fingerprint density at radius 1 is 1.14 bits per heavy atom. The van der Waals surface area contributed by atoms with E-state index in [-0.39, 0.29) is 22.9 Å². The van der Waals surface area contributed by atoms with E-state index in [4.69, 9.17) is 27.9 Å². The van der Waals surface area contributed by atoms with E-state index in [1.807, 2.05) is 0 Å². The number of aromatic carboxylic acids is 1. The minimum Gasteiger partial charge on any atom is -0.545 e. The van der Waals surface area contributed by atoms with Crippen LogP contribution in [0.25, 0.3) is 0 Å². The first kappa shape index (κ1) is 16.1. The van der Waals surface area contributed by atoms with Gasteiger partial charge < -0.3 is 20.0 Å². The lowest BCUT2D eigenvalue weighted by Gasteiger charge is -2.12. The fourth-order valence-corrected chi connectivity index (χ4v) is 2.16. The lowest BCUT2D eigenvalue weighted by atomic mass is 10.2. The van der Waals surface area contributed by atoms with Crippen LogP contribution in [0.3, 0.4) is 0 Å². The molecule has 0 radical (unpaired) electrons. The molecule has 2 aromatic carbocycles. The third kappa shape index (κ3) is 4.13. The van der Waals surface area contributed by atoms with Crippen molar-refractivity contribution < 1.29 is 19.4 Å². The zero-order chi connectivity index (χ0) is 16.1. The fraction of sp³-hybridized carbons (Fsp3) is 0.0667. The maximum absolute atomic E-state index is 11.8. The van der Waals surface area contributed by atoms with Crippen LogP contribution in [0.15, 0.2) is 42.5 Å². The molecule has 0 bridgehead atoms. The zero-order valence-electron chi connectivity index (χ0n) is 11.1. The second-order valence-corrected chi connectivity index (χ2v) is 5.09. The number of rotatable bonds is 5. The van der Waals surface area contributed by atoms with E-state index in [1.54, 1.807) is 12.1 Å². The number of para-hydroxylation sites is 1. The zero-order valence-corrected chi connectivity index (χ0v) is 12.6. The molecule has 0 aliphatic carbocycles. The number of anilines is 1. The van der Waals surface area contributed by atoms with Gasteiger partial charge in [-0.3, -0.25) is 4.79 Å². The van der Waals surface area contributed by atoms with Gasteiger partial charge in [0.1, 0.15) is 5.75 Å². The molecule has 0 saturated carbocycles. The summed E-state index contributed by atoms with van der Waals surface area (Å²) in [6.45, 7) is -0.331. The summed E-state index contributed by atoms with van der Waals surface area (Å²) in [5.74, 6) is -1.60. The van der Waals surface area contributed by atoms with Crippen molar-refractivity contribution in [1.29, 1.82) is 0 Å². The minimum atomic E-state index is -1.38. The van der Waals surface area contributed by atoms with Gasteiger partial charge in [0.15, 0.2) is 6.61 Å². The molecule has 0 atom stereocenters. The highest BCUT2D eigenvalue weighted by atomic mass is 35.5. The van der Waals surface area contributed by atoms with Crippen LogP contribution >= 0.6 is 23.2 Å². The number of ether oxygens (including phenoxy) is 1. The van der Waals surface area contributed by atoms with Crippen LogP contribution in [0.2, 0.25) is 10.0 Å². The minimum absolute atomic E-state index is 0.111. The molecule has 5 nitrogen and oxygen atoms in total. The molecule has 0 fully saturated rings. The molecule has 0 spiro atoms. The molecule has 2 aromatic rings. The lowest BCUT2D eigenvalue weighted by Crippen LogP contribution is -2.26. The Kier molecular flexibility index (Phi) is 5.25. The number of hydrogen-bond donors (Lipinski definition) is 1. The molecule has 1 amide bonds. The first-order valence-corrected chi connectivity index (χ1v) is 6.91. The molecule has 2 rings (SSSR count). The van der Waals surface area contributed by atoms with Gasteiger partial charge in [-0.15, -0.1) is 0 Å². The molecule has 22 heavy (non-hydrogen) atoms. The molecule has 0 heterocycles. The Morgan fingerprint density at radius 2 is 1.86 bits per heavy atom. The average molecular weight is 339 g/mol. The van der Waals surface area contributed by atoms with Crippen LogP contribution in [0.4, 0.5) is 5.69 Å². The normalized spacial score (nSPS) is 10.1. The molecule has 7 heteroatoms. The number of carbonyl (C=O) groups excluding carboxylic acids is 2. The number of carbonyl (C=O) groups is 2. The Hall–Kier alpha value is -2.24. The summed E-state index contributed by atoms with van der Waals surface area (Å²) in [6.07, 6.45) is 0. The lowest BCUT2D eigenvalue weighted by molar-refractivity contribution is -0.254. The summed E-state index contributed by atoms with van der Waals surface area (Å²) in [4.78, 5) is 22.8. The number of benzene rings is 2. The predicted octanol–water partition coefficient (Wildman–Crippen LogP) is 2.37. The van der Waals surface area contributed by atoms with Crippen molar-refractivity contribution in [2.24, 2.45) is 0 Å². The number of halogens is 2. The number of hydrogen-bond acceptors (Lipinski definition) is 4. The van der Waals surface area contributed by atoms with E-state index in [2.05, 4.69) is 5.32 Å². The molecule has 114 valence electrons. The van der Waals surface area contributed by atoms with Crippen LogP contribution in [0.5, 0.6) is 5.75 Å². The van der Waals surface area contributed by atoms with Gasteiger partial charge in [0.05, 0.1) is 11.0 Å². The van der Waals surface area contributed by atoms with Crippen molar-refractivity contribution >= 4 is 40.8 Å². The third-order valence-corrected chi connectivity index (χ3v) is 3.20. The van der Waals surface area contributed by atoms with Crippen LogP contribution in [-0.4, -0.2) is 18.5 Å². The second-order valence-electron chi connectivity index (χ2n) is 4.24. The van der Waals surface area contributed by atoms with Gasteiger partial charge in [0, 0.05) is 16.3 Å². The monoisotopic (exact) mass is 338 g/mol. The number of amides is 1. The van der Waals surface area contributed by atoms with Crippen molar-refractivity contribution in [2.45, 2.75) is 0 Å². The van der Waals surface area contributed by atoms with Gasteiger partial charge in [0.2, 0.25) is 0 Å². The summed E-state index contributed by atoms with van der Waals surface area (Å²) < 4.78 is 5.26. The van der Waals surface area contributed by atoms with Gasteiger partial charge in [-0.25, -0.2) is 0 Å². The first-order chi connectivity index (χ1) is 10.5. The largest absolute Gasteiger partial charge is 0.545 e. The Morgan fingerprint density at radius 3 is 2.55 bits per heavy atom. The van der Waals surface area contributed by atoms with E-state index >= 15 is 0 Å². The van der Waals surface area contributed by atoms with Crippen LogP contribution in [0.1, 0.15) is 10.4 Å². The Balaban J connectivity index is 2.00. The summed E-state index contributed by atoms with van der Waals surface area (Å²) in [6, 6.07) is 10.5. The Bertz CT molecular complexity index is 718. The number of nitrogens with one attached hydrogen (secondary N) is 1. The number of carboxylic acid groups (broad SMARTS) is 1. The highest BCUT2D eigenvalue weighted by molar-refractivity contribution is 6.35. The van der Waals surface area contributed by atoms with Crippen molar-refractivity contribution in [2.75, 3.05) is 11.9 Å². The van der Waals surface area contributed by atoms with Crippen LogP contribution in [-0.2, 0) is 4.79 Å². The smallest absolute Gasteiger partial charge is 0.262 e. The highest BCUT2D eigenvalue weighted by Crippen LogP contribution is 2.27. The molecular weight excluding hydrogens is 329 g/mol. The molecule has 0 aliphatic rings. The summed E-state index contributed by atoms with van der Waals surface area (Å²) in [5, 5.41) is 14.1. The van der Waals surface area contributed by atoms with Crippen LogP contribution < -0.4 is 15.2 Å². The fourth-order valence-electron chi connectivity index (χ4n) is 1.69. The molecule has 0 unspecified atom stereocenters. The molecule has 0 aromatic heterocycles. The topological polar surface area (TPSA) is 78.5 Å². The quantitative estimate of drug-likeness (QED) is 0.907. The van der Waals surface area contributed by atoms with E-state index in [9.17, 15) is 14.7 Å². The number of carboxylic acids is 1. The van der Waals surface area contributed by atoms with Gasteiger partial charge in [-0.1, -0.05) is 41.4 Å². The van der Waals surface area contributed by atoms with Crippen molar-refractivity contribution in [3.05, 3.63) is 58.1 Å². The van der Waals surface area contributed by atoms with Crippen LogP contribution in [0, 0.1) is 0 Å². The maximum atomic E-state index is 11.8. The summed E-state index contributed by atoms with van der Waals surface area (Å²) in [5.41, 5.74) is 0.0266. The van der Waals surface area contributed by atoms with Gasteiger partial charge in [-0.05, 0) is 24.3 Å². The molecule has 0 saturated heterocycles. The Labute approximate surface area is 136 Å². The highest BCUT2D eigenvalue weighted by Gasteiger charge is 2.09. The standard InChI is InChI=1S/C15H11Cl2NO4/c16-9-5-6-13(11(17)7-9)22-8-14(19)18-12-4-2-1-3-10(12)15(20)21/h1-7H,8H2,(H,18,19)(H,20,21)/p-1. The molecule has 1 N–H and O–H groups in total. The van der Waals surface area contributed by atoms with Gasteiger partial charge >= 0.3 is 0 Å². The second kappa shape index (κ2) is 7.15. The first-order valence-electron chi connectivity index (χ1n) is 6.15. The third-order valence-electron chi connectivity index (χ3n) is 2.67. The van der Waals surface area contributed by atoms with E-state index in [0.29, 0.717) is 10.8 Å². The van der Waals surface area contributed by atoms with E-state index in [1.165, 1.54) is 30.3 Å². The van der Waals surface area contributed by atoms with Gasteiger partial charge in [0.25, 0.3) is 5.91 Å².